The number of alkyl halides is 3. The van der Waals surface area contributed by atoms with Crippen LogP contribution in [0.15, 0.2) is 29.4 Å². The van der Waals surface area contributed by atoms with Crippen LogP contribution in [0.25, 0.3) is 0 Å². The predicted octanol–water partition coefficient (Wildman–Crippen LogP) is 3.15. The third kappa shape index (κ3) is 3.08. The van der Waals surface area contributed by atoms with E-state index in [-0.39, 0.29) is 4.77 Å². The number of nitrogens with one attached hydrogen (secondary N) is 1. The van der Waals surface area contributed by atoms with Gasteiger partial charge < -0.3 is 0 Å². The molecule has 0 aliphatic heterocycles. The minimum atomic E-state index is -4.37. The van der Waals surface area contributed by atoms with Gasteiger partial charge in [0, 0.05) is 0 Å². The third-order valence-electron chi connectivity index (χ3n) is 2.35. The Balaban J connectivity index is 2.32. The third-order valence-corrected chi connectivity index (χ3v) is 2.61. The summed E-state index contributed by atoms with van der Waals surface area (Å²) in [6.45, 7) is 1.68. The van der Waals surface area contributed by atoms with Gasteiger partial charge in [-0.1, -0.05) is 12.1 Å². The highest BCUT2D eigenvalue weighted by atomic mass is 32.1. The highest BCUT2D eigenvalue weighted by Crippen LogP contribution is 2.29. The Morgan fingerprint density at radius 1 is 1.42 bits per heavy atom. The first kappa shape index (κ1) is 13.5. The lowest BCUT2D eigenvalue weighted by Gasteiger charge is -2.06. The second-order valence-electron chi connectivity index (χ2n) is 3.76. The lowest BCUT2D eigenvalue weighted by atomic mass is 10.1. The molecule has 0 unspecified atom stereocenters. The van der Waals surface area contributed by atoms with Gasteiger partial charge in [-0.3, -0.25) is 5.10 Å². The van der Waals surface area contributed by atoms with Crippen LogP contribution >= 0.6 is 12.2 Å². The number of rotatable bonds is 2. The minimum Gasteiger partial charge on any atom is -0.250 e. The lowest BCUT2D eigenvalue weighted by Crippen LogP contribution is -2.05. The number of hydrogen-bond acceptors (Lipinski definition) is 3. The van der Waals surface area contributed by atoms with E-state index >= 15 is 0 Å². The Morgan fingerprint density at radius 3 is 2.74 bits per heavy atom. The fourth-order valence-electron chi connectivity index (χ4n) is 1.43. The quantitative estimate of drug-likeness (QED) is 0.681. The molecule has 0 spiro atoms. The summed E-state index contributed by atoms with van der Waals surface area (Å²) >= 11 is 4.92. The van der Waals surface area contributed by atoms with Crippen LogP contribution in [0, 0.1) is 11.7 Å². The Kier molecular flexibility index (Phi) is 3.52. The Bertz CT molecular complexity index is 669. The van der Waals surface area contributed by atoms with Crippen LogP contribution in [-0.2, 0) is 6.18 Å². The molecular weight excluding hydrogens is 277 g/mol. The highest BCUT2D eigenvalue weighted by molar-refractivity contribution is 7.71. The van der Waals surface area contributed by atoms with Crippen LogP contribution in [0.4, 0.5) is 13.2 Å². The number of hydrogen-bond donors (Lipinski definition) is 1. The topological polar surface area (TPSA) is 46.0 Å². The van der Waals surface area contributed by atoms with Gasteiger partial charge >= 0.3 is 6.18 Å². The zero-order chi connectivity index (χ0) is 14.0. The van der Waals surface area contributed by atoms with Gasteiger partial charge in [0.05, 0.1) is 11.8 Å². The molecular formula is C11H9F3N4S. The summed E-state index contributed by atoms with van der Waals surface area (Å²) in [4.78, 5) is 0. The van der Waals surface area contributed by atoms with Gasteiger partial charge in [0.15, 0.2) is 0 Å². The van der Waals surface area contributed by atoms with Gasteiger partial charge in [-0.05, 0) is 36.8 Å². The van der Waals surface area contributed by atoms with Crippen LogP contribution < -0.4 is 0 Å². The molecule has 1 aromatic heterocycles. The number of benzene rings is 1. The summed E-state index contributed by atoms with van der Waals surface area (Å²) in [6, 6.07) is 4.87. The Hall–Kier alpha value is -1.96. The van der Waals surface area contributed by atoms with Crippen LogP contribution in [0.5, 0.6) is 0 Å². The van der Waals surface area contributed by atoms with Crippen LogP contribution in [0.1, 0.15) is 17.0 Å². The van der Waals surface area contributed by atoms with E-state index in [1.165, 1.54) is 23.0 Å². The number of halogens is 3. The van der Waals surface area contributed by atoms with Gasteiger partial charge in [0.25, 0.3) is 0 Å². The molecule has 8 heteroatoms. The first-order valence-corrected chi connectivity index (χ1v) is 5.64. The van der Waals surface area contributed by atoms with Crippen molar-refractivity contribution in [3.8, 4) is 0 Å². The molecule has 100 valence electrons. The molecule has 0 atom stereocenters. The van der Waals surface area contributed by atoms with Crippen LogP contribution in [0.3, 0.4) is 0 Å². The molecule has 1 heterocycles. The molecule has 2 rings (SSSR count). The SMILES string of the molecule is Cc1n[nH]c(=S)n1/N=C\c1cccc(C(F)(F)F)c1. The average Bonchev–Trinajstić information content (AvgIpc) is 2.66. The van der Waals surface area contributed by atoms with Crippen molar-refractivity contribution in [1.82, 2.24) is 14.9 Å². The number of nitrogens with zero attached hydrogens (tertiary/aromatic N) is 3. The monoisotopic (exact) mass is 286 g/mol. The fourth-order valence-corrected chi connectivity index (χ4v) is 1.65. The van der Waals surface area contributed by atoms with E-state index in [1.807, 2.05) is 0 Å². The number of H-pyrrole nitrogens is 1. The number of aryl methyl sites for hydroxylation is 1. The van der Waals surface area contributed by atoms with E-state index in [4.69, 9.17) is 12.2 Å². The summed E-state index contributed by atoms with van der Waals surface area (Å²) in [5.41, 5.74) is -0.388. The standard InChI is InChI=1S/C11H9F3N4S/c1-7-16-17-10(19)18(7)15-6-8-3-2-4-9(5-8)11(12,13)14/h2-6H,1H3,(H,17,19)/b15-6-. The first-order valence-electron chi connectivity index (χ1n) is 5.23. The molecule has 19 heavy (non-hydrogen) atoms. The van der Waals surface area contributed by atoms with Crippen molar-refractivity contribution in [2.45, 2.75) is 13.1 Å². The Labute approximate surface area is 111 Å². The molecule has 0 radical (unpaired) electrons. The molecule has 0 amide bonds. The second-order valence-corrected chi connectivity index (χ2v) is 4.14. The maximum atomic E-state index is 12.5. The van der Waals surface area contributed by atoms with E-state index in [9.17, 15) is 13.2 Å². The van der Waals surface area contributed by atoms with Crippen molar-refractivity contribution >= 4 is 18.4 Å². The maximum Gasteiger partial charge on any atom is 0.416 e. The maximum absolute atomic E-state index is 12.5. The largest absolute Gasteiger partial charge is 0.416 e. The van der Waals surface area contributed by atoms with Crippen molar-refractivity contribution in [1.29, 1.82) is 0 Å². The molecule has 2 aromatic rings. The summed E-state index contributed by atoms with van der Waals surface area (Å²) in [7, 11) is 0. The molecule has 1 aromatic carbocycles. The van der Waals surface area contributed by atoms with Crippen LogP contribution in [0.2, 0.25) is 0 Å². The number of aromatic nitrogens is 3. The number of aromatic amines is 1. The normalized spacial score (nSPS) is 12.2. The van der Waals surface area contributed by atoms with Crippen LogP contribution in [-0.4, -0.2) is 21.1 Å². The van der Waals surface area contributed by atoms with Gasteiger partial charge in [0.2, 0.25) is 4.77 Å². The summed E-state index contributed by atoms with van der Waals surface area (Å²) in [6.07, 6.45) is -3.07. The minimum absolute atomic E-state index is 0.278. The smallest absolute Gasteiger partial charge is 0.250 e. The van der Waals surface area contributed by atoms with Gasteiger partial charge in [-0.2, -0.15) is 28.0 Å². The van der Waals surface area contributed by atoms with Crippen molar-refractivity contribution in [3.05, 3.63) is 46.0 Å². The summed E-state index contributed by atoms with van der Waals surface area (Å²) in [5, 5.41) is 10.4. The molecule has 0 aliphatic carbocycles. The molecule has 0 aliphatic rings. The van der Waals surface area contributed by atoms with Crippen molar-refractivity contribution in [2.75, 3.05) is 0 Å². The summed E-state index contributed by atoms with van der Waals surface area (Å²) in [5.74, 6) is 0.522. The lowest BCUT2D eigenvalue weighted by molar-refractivity contribution is -0.137. The molecule has 0 fully saturated rings. The Morgan fingerprint density at radius 2 is 2.16 bits per heavy atom. The van der Waals surface area contributed by atoms with E-state index in [0.29, 0.717) is 11.4 Å². The van der Waals surface area contributed by atoms with Gasteiger partial charge in [-0.15, -0.1) is 0 Å². The van der Waals surface area contributed by atoms with Crippen molar-refractivity contribution in [2.24, 2.45) is 5.10 Å². The molecule has 4 nitrogen and oxygen atoms in total. The molecule has 0 bridgehead atoms. The molecule has 0 saturated carbocycles. The van der Waals surface area contributed by atoms with Gasteiger partial charge in [-0.25, -0.2) is 0 Å². The highest BCUT2D eigenvalue weighted by Gasteiger charge is 2.30. The first-order chi connectivity index (χ1) is 8.88. The van der Waals surface area contributed by atoms with Crippen molar-refractivity contribution < 1.29 is 13.2 Å². The molecule has 0 saturated heterocycles. The summed E-state index contributed by atoms with van der Waals surface area (Å²) < 4.78 is 39.2. The van der Waals surface area contributed by atoms with E-state index in [0.717, 1.165) is 12.1 Å². The fraction of sp³-hybridized carbons (Fsp3) is 0.182. The molecule has 1 N–H and O–H groups in total. The van der Waals surface area contributed by atoms with Crippen molar-refractivity contribution in [3.63, 3.8) is 0 Å². The second kappa shape index (κ2) is 4.96. The average molecular weight is 286 g/mol. The van der Waals surface area contributed by atoms with E-state index < -0.39 is 11.7 Å². The van der Waals surface area contributed by atoms with E-state index in [2.05, 4.69) is 15.3 Å². The predicted molar refractivity (Wildman–Crippen MR) is 66.6 cm³/mol. The zero-order valence-corrected chi connectivity index (χ0v) is 10.6. The van der Waals surface area contributed by atoms with E-state index in [1.54, 1.807) is 6.92 Å². The zero-order valence-electron chi connectivity index (χ0n) is 9.77. The van der Waals surface area contributed by atoms with Gasteiger partial charge in [0.1, 0.15) is 5.82 Å².